The molecular formula is C27H31N5O6. The number of benzene rings is 2. The van der Waals surface area contributed by atoms with Crippen molar-refractivity contribution < 1.29 is 28.9 Å². The molecule has 1 aromatic heterocycles. The van der Waals surface area contributed by atoms with E-state index < -0.39 is 12.0 Å². The minimum absolute atomic E-state index is 0.0182. The van der Waals surface area contributed by atoms with Crippen LogP contribution in [0, 0.1) is 0 Å². The molecule has 0 spiro atoms. The number of para-hydroxylation sites is 1. The fraction of sp³-hybridized carbons (Fsp3) is 0.333. The number of aliphatic hydroxyl groups excluding tert-OH is 1. The lowest BCUT2D eigenvalue weighted by Crippen LogP contribution is -2.31. The Balaban J connectivity index is 1.74. The highest BCUT2D eigenvalue weighted by Gasteiger charge is 2.36. The van der Waals surface area contributed by atoms with Crippen LogP contribution in [0.4, 0.5) is 11.6 Å². The largest absolute Gasteiger partial charge is 0.493 e. The van der Waals surface area contributed by atoms with E-state index >= 15 is 0 Å². The molecule has 3 N–H and O–H groups in total. The standard InChI is InChI=1S/C27H31N5O6/c1-5-38-26(35)17-11-13-18(14-12-17)29-25(34)22-16(2)28-27-30-21(10-7-15-33)31-32(27)23(22)19-8-6-9-20(36-3)24(19)37-4/h6,8-9,11-14,23,33H,5,7,10,15H2,1-4H3,(H,29,34)(H,28,30,31). The number of hydrogen-bond donors (Lipinski definition) is 3. The van der Waals surface area contributed by atoms with Gasteiger partial charge in [0.15, 0.2) is 17.3 Å². The molecule has 4 rings (SSSR count). The van der Waals surface area contributed by atoms with Crippen LogP contribution < -0.4 is 20.1 Å². The summed E-state index contributed by atoms with van der Waals surface area (Å²) in [5.74, 6) is 1.20. The molecule has 1 atom stereocenters. The lowest BCUT2D eigenvalue weighted by molar-refractivity contribution is -0.113. The molecule has 0 saturated heterocycles. The minimum Gasteiger partial charge on any atom is -0.493 e. The van der Waals surface area contributed by atoms with Crippen molar-refractivity contribution in [2.75, 3.05) is 38.1 Å². The summed E-state index contributed by atoms with van der Waals surface area (Å²) < 4.78 is 17.9. The summed E-state index contributed by atoms with van der Waals surface area (Å²) in [5.41, 5.74) is 2.55. The lowest BCUT2D eigenvalue weighted by Gasteiger charge is -2.30. The van der Waals surface area contributed by atoms with Crippen molar-refractivity contribution in [1.29, 1.82) is 0 Å². The third-order valence-corrected chi connectivity index (χ3v) is 6.08. The third-order valence-electron chi connectivity index (χ3n) is 6.08. The maximum Gasteiger partial charge on any atom is 0.338 e. The normalized spacial score (nSPS) is 14.4. The van der Waals surface area contributed by atoms with Crippen molar-refractivity contribution in [1.82, 2.24) is 14.8 Å². The van der Waals surface area contributed by atoms with Crippen molar-refractivity contribution in [3.05, 3.63) is 70.7 Å². The van der Waals surface area contributed by atoms with Crippen molar-refractivity contribution in [2.24, 2.45) is 0 Å². The molecule has 0 aliphatic carbocycles. The molecular weight excluding hydrogens is 490 g/mol. The van der Waals surface area contributed by atoms with Crippen molar-refractivity contribution in [3.8, 4) is 11.5 Å². The SMILES string of the molecule is CCOC(=O)c1ccc(NC(=O)C2=C(C)Nc3nc(CCCO)nn3C2c2cccc(OC)c2OC)cc1. The number of hydrogen-bond acceptors (Lipinski definition) is 9. The van der Waals surface area contributed by atoms with Crippen LogP contribution in [0.3, 0.4) is 0 Å². The lowest BCUT2D eigenvalue weighted by atomic mass is 9.94. The van der Waals surface area contributed by atoms with Crippen LogP contribution in [0.15, 0.2) is 53.7 Å². The van der Waals surface area contributed by atoms with Crippen LogP contribution in [-0.2, 0) is 16.0 Å². The number of nitrogens with zero attached hydrogens (tertiary/aromatic N) is 3. The monoisotopic (exact) mass is 521 g/mol. The van der Waals surface area contributed by atoms with Gasteiger partial charge in [0, 0.05) is 30.0 Å². The molecule has 11 nitrogen and oxygen atoms in total. The van der Waals surface area contributed by atoms with Crippen LogP contribution in [0.1, 0.15) is 48.1 Å². The maximum absolute atomic E-state index is 13.8. The quantitative estimate of drug-likeness (QED) is 0.343. The smallest absolute Gasteiger partial charge is 0.338 e. The predicted octanol–water partition coefficient (Wildman–Crippen LogP) is 3.32. The van der Waals surface area contributed by atoms with Crippen LogP contribution in [0.25, 0.3) is 0 Å². The summed E-state index contributed by atoms with van der Waals surface area (Å²) >= 11 is 0. The number of methoxy groups -OCH3 is 2. The Morgan fingerprint density at radius 1 is 1.13 bits per heavy atom. The number of aliphatic hydroxyl groups is 1. The number of ether oxygens (including phenoxy) is 3. The first-order valence-corrected chi connectivity index (χ1v) is 12.2. The third kappa shape index (κ3) is 5.32. The van der Waals surface area contributed by atoms with Gasteiger partial charge in [-0.3, -0.25) is 4.79 Å². The fourth-order valence-electron chi connectivity index (χ4n) is 4.35. The molecule has 1 aliphatic heterocycles. The van der Waals surface area contributed by atoms with E-state index in [1.165, 1.54) is 0 Å². The van der Waals surface area contributed by atoms with Gasteiger partial charge < -0.3 is 30.0 Å². The molecule has 1 unspecified atom stereocenters. The Hall–Kier alpha value is -4.38. The van der Waals surface area contributed by atoms with E-state index in [2.05, 4.69) is 20.7 Å². The van der Waals surface area contributed by atoms with Crippen LogP contribution in [-0.4, -0.2) is 59.2 Å². The molecule has 1 amide bonds. The Morgan fingerprint density at radius 3 is 2.55 bits per heavy atom. The zero-order chi connectivity index (χ0) is 27.2. The topological polar surface area (TPSA) is 137 Å². The molecule has 3 aromatic rings. The first-order chi connectivity index (χ1) is 18.4. The maximum atomic E-state index is 13.8. The van der Waals surface area contributed by atoms with E-state index in [1.807, 2.05) is 12.1 Å². The summed E-state index contributed by atoms with van der Waals surface area (Å²) in [4.78, 5) is 30.3. The van der Waals surface area contributed by atoms with Gasteiger partial charge in [-0.15, -0.1) is 0 Å². The first-order valence-electron chi connectivity index (χ1n) is 12.2. The van der Waals surface area contributed by atoms with Gasteiger partial charge in [0.2, 0.25) is 5.95 Å². The number of rotatable bonds is 10. The number of anilines is 2. The zero-order valence-corrected chi connectivity index (χ0v) is 21.8. The summed E-state index contributed by atoms with van der Waals surface area (Å²) in [7, 11) is 3.09. The number of fused-ring (bicyclic) bond motifs is 1. The summed E-state index contributed by atoms with van der Waals surface area (Å²) in [5, 5.41) is 20.0. The molecule has 0 radical (unpaired) electrons. The fourth-order valence-corrected chi connectivity index (χ4v) is 4.35. The van der Waals surface area contributed by atoms with Gasteiger partial charge in [0.1, 0.15) is 6.04 Å². The second-order valence-electron chi connectivity index (χ2n) is 8.52. The van der Waals surface area contributed by atoms with Crippen LogP contribution in [0.2, 0.25) is 0 Å². The summed E-state index contributed by atoms with van der Waals surface area (Å²) in [6.45, 7) is 3.83. The number of carbonyl (C=O) groups excluding carboxylic acids is 2. The average molecular weight is 522 g/mol. The highest BCUT2D eigenvalue weighted by Crippen LogP contribution is 2.43. The first kappa shape index (κ1) is 26.7. The minimum atomic E-state index is -0.689. The van der Waals surface area contributed by atoms with E-state index in [4.69, 9.17) is 14.2 Å². The van der Waals surface area contributed by atoms with Crippen molar-refractivity contribution >= 4 is 23.5 Å². The molecule has 0 saturated carbocycles. The number of aromatic nitrogens is 3. The average Bonchev–Trinajstić information content (AvgIpc) is 3.33. The number of esters is 1. The van der Waals surface area contributed by atoms with Crippen LogP contribution in [0.5, 0.6) is 11.5 Å². The Kier molecular flexibility index (Phi) is 8.27. The van der Waals surface area contributed by atoms with Gasteiger partial charge >= 0.3 is 5.97 Å². The molecule has 200 valence electrons. The number of carbonyl (C=O) groups is 2. The highest BCUT2D eigenvalue weighted by molar-refractivity contribution is 6.06. The van der Waals surface area contributed by atoms with Gasteiger partial charge in [0.05, 0.1) is 32.0 Å². The van der Waals surface area contributed by atoms with E-state index in [1.54, 1.807) is 63.1 Å². The highest BCUT2D eigenvalue weighted by atomic mass is 16.5. The molecule has 2 aromatic carbocycles. The molecule has 0 bridgehead atoms. The second-order valence-corrected chi connectivity index (χ2v) is 8.52. The van der Waals surface area contributed by atoms with Gasteiger partial charge in [-0.1, -0.05) is 12.1 Å². The number of allylic oxidation sites excluding steroid dienone is 1. The predicted molar refractivity (Wildman–Crippen MR) is 140 cm³/mol. The second kappa shape index (κ2) is 11.8. The van der Waals surface area contributed by atoms with E-state index in [0.29, 0.717) is 64.2 Å². The molecule has 11 heteroatoms. The number of nitrogens with one attached hydrogen (secondary N) is 2. The van der Waals surface area contributed by atoms with Gasteiger partial charge in [-0.2, -0.15) is 10.1 Å². The Bertz CT molecular complexity index is 1350. The molecule has 0 fully saturated rings. The van der Waals surface area contributed by atoms with Crippen molar-refractivity contribution in [3.63, 3.8) is 0 Å². The Labute approximate surface area is 220 Å². The Morgan fingerprint density at radius 2 is 1.89 bits per heavy atom. The van der Waals surface area contributed by atoms with E-state index in [0.717, 1.165) is 0 Å². The number of aryl methyl sites for hydroxylation is 1. The van der Waals surface area contributed by atoms with E-state index in [9.17, 15) is 14.7 Å². The van der Waals surface area contributed by atoms with Gasteiger partial charge in [-0.25, -0.2) is 9.48 Å². The summed E-state index contributed by atoms with van der Waals surface area (Å²) in [6.07, 6.45) is 0.992. The molecule has 38 heavy (non-hydrogen) atoms. The summed E-state index contributed by atoms with van der Waals surface area (Å²) in [6, 6.07) is 11.2. The van der Waals surface area contributed by atoms with Gasteiger partial charge in [-0.05, 0) is 50.6 Å². The van der Waals surface area contributed by atoms with Crippen molar-refractivity contribution in [2.45, 2.75) is 32.7 Å². The van der Waals surface area contributed by atoms with Gasteiger partial charge in [0.25, 0.3) is 5.91 Å². The molecule has 1 aliphatic rings. The molecule has 2 heterocycles. The van der Waals surface area contributed by atoms with Crippen LogP contribution >= 0.6 is 0 Å². The zero-order valence-electron chi connectivity index (χ0n) is 21.8. The number of amides is 1. The van der Waals surface area contributed by atoms with E-state index in [-0.39, 0.29) is 19.1 Å².